The van der Waals surface area contributed by atoms with Crippen molar-refractivity contribution >= 4 is 35.0 Å². The normalized spacial score (nSPS) is 11.8. The Morgan fingerprint density at radius 3 is 2.62 bits per heavy atom. The van der Waals surface area contributed by atoms with Crippen LogP contribution in [0.2, 0.25) is 5.02 Å². The number of carbonyl (C=O) groups is 1. The summed E-state index contributed by atoms with van der Waals surface area (Å²) in [5.74, 6) is -0.551. The fraction of sp³-hybridized carbons (Fsp3) is 0.235. The minimum Gasteiger partial charge on any atom is -0.493 e. The zero-order valence-corrected chi connectivity index (χ0v) is 14.5. The van der Waals surface area contributed by atoms with Crippen molar-refractivity contribution in [2.75, 3.05) is 17.7 Å². The van der Waals surface area contributed by atoms with Crippen molar-refractivity contribution in [2.24, 2.45) is 0 Å². The quantitative estimate of drug-likeness (QED) is 0.713. The van der Waals surface area contributed by atoms with Gasteiger partial charge in [0.2, 0.25) is 5.91 Å². The summed E-state index contributed by atoms with van der Waals surface area (Å²) >= 11 is 7.16. The maximum absolute atomic E-state index is 13.5. The second kappa shape index (κ2) is 8.89. The van der Waals surface area contributed by atoms with E-state index >= 15 is 0 Å². The van der Waals surface area contributed by atoms with Gasteiger partial charge in [-0.15, -0.1) is 11.8 Å². The molecule has 0 spiro atoms. The van der Waals surface area contributed by atoms with Gasteiger partial charge in [-0.05, 0) is 43.3 Å². The average molecular weight is 372 g/mol. The van der Waals surface area contributed by atoms with E-state index in [1.54, 1.807) is 31.2 Å². The molecule has 0 bridgehead atoms. The fourth-order valence-corrected chi connectivity index (χ4v) is 2.69. The maximum atomic E-state index is 13.5. The van der Waals surface area contributed by atoms with E-state index < -0.39 is 16.9 Å². The first-order valence-electron chi connectivity index (χ1n) is 7.21. The number of carbonyl (C=O) groups excluding carboxylic acids is 1. The Labute approximate surface area is 148 Å². The number of anilines is 1. The Bertz CT molecular complexity index is 697. The van der Waals surface area contributed by atoms with Crippen LogP contribution in [0.15, 0.2) is 42.5 Å². The summed E-state index contributed by atoms with van der Waals surface area (Å²) in [7, 11) is 0. The van der Waals surface area contributed by atoms with Crippen LogP contribution in [-0.4, -0.2) is 23.5 Å². The number of rotatable bonds is 7. The molecule has 0 unspecified atom stereocenters. The zero-order chi connectivity index (χ0) is 17.5. The molecule has 0 heterocycles. The molecule has 24 heavy (non-hydrogen) atoms. The second-order valence-corrected chi connectivity index (χ2v) is 6.81. The van der Waals surface area contributed by atoms with Crippen LogP contribution >= 0.6 is 23.4 Å². The number of amides is 1. The zero-order valence-electron chi connectivity index (χ0n) is 12.9. The molecule has 0 aromatic heterocycles. The van der Waals surface area contributed by atoms with Gasteiger partial charge in [-0.3, -0.25) is 4.79 Å². The van der Waals surface area contributed by atoms with Crippen LogP contribution in [-0.2, 0) is 4.79 Å². The minimum absolute atomic E-state index is 0.0359. The number of hydrogen-bond donors (Lipinski definition) is 1. The number of ether oxygens (including phenoxy) is 1. The molecule has 0 radical (unpaired) electrons. The van der Waals surface area contributed by atoms with Crippen molar-refractivity contribution in [1.82, 2.24) is 0 Å². The Morgan fingerprint density at radius 1 is 1.25 bits per heavy atom. The van der Waals surface area contributed by atoms with E-state index in [-0.39, 0.29) is 11.6 Å². The lowest BCUT2D eigenvalue weighted by Gasteiger charge is -2.13. The van der Waals surface area contributed by atoms with Gasteiger partial charge in [0.1, 0.15) is 17.4 Å². The number of thioether (sulfide) groups is 1. The summed E-state index contributed by atoms with van der Waals surface area (Å²) in [5, 5.41) is 2.68. The molecule has 7 heteroatoms. The summed E-state index contributed by atoms with van der Waals surface area (Å²) in [6.07, 6.45) is 0. The van der Waals surface area contributed by atoms with Crippen molar-refractivity contribution in [2.45, 2.75) is 12.2 Å². The molecule has 0 saturated carbocycles. The Balaban J connectivity index is 1.74. The van der Waals surface area contributed by atoms with E-state index in [0.717, 1.165) is 12.1 Å². The number of nitrogens with one attached hydrogen (secondary N) is 1. The van der Waals surface area contributed by atoms with Gasteiger partial charge in [0.05, 0.1) is 17.5 Å². The predicted octanol–water partition coefficient (Wildman–Crippen LogP) is 4.76. The van der Waals surface area contributed by atoms with Crippen LogP contribution in [0.4, 0.5) is 14.5 Å². The molecule has 2 aromatic rings. The van der Waals surface area contributed by atoms with Gasteiger partial charge in [0, 0.05) is 16.8 Å². The highest BCUT2D eigenvalue weighted by Crippen LogP contribution is 2.19. The SMILES string of the molecule is C[C@@H](SCCOc1ccc(Cl)cc1)C(=O)Nc1ccc(F)cc1F. The molecular weight excluding hydrogens is 356 g/mol. The topological polar surface area (TPSA) is 38.3 Å². The molecule has 2 aromatic carbocycles. The van der Waals surface area contributed by atoms with Crippen molar-refractivity contribution in [3.63, 3.8) is 0 Å². The van der Waals surface area contributed by atoms with E-state index in [0.29, 0.717) is 23.1 Å². The highest BCUT2D eigenvalue weighted by Gasteiger charge is 2.15. The highest BCUT2D eigenvalue weighted by atomic mass is 35.5. The smallest absolute Gasteiger partial charge is 0.237 e. The van der Waals surface area contributed by atoms with Crippen LogP contribution in [0.25, 0.3) is 0 Å². The van der Waals surface area contributed by atoms with Gasteiger partial charge in [-0.2, -0.15) is 0 Å². The lowest BCUT2D eigenvalue weighted by atomic mass is 10.3. The lowest BCUT2D eigenvalue weighted by molar-refractivity contribution is -0.115. The van der Waals surface area contributed by atoms with Crippen molar-refractivity contribution in [3.8, 4) is 5.75 Å². The Hall–Kier alpha value is -1.79. The third-order valence-corrected chi connectivity index (χ3v) is 4.46. The molecule has 3 nitrogen and oxygen atoms in total. The highest BCUT2D eigenvalue weighted by molar-refractivity contribution is 8.00. The molecule has 0 aliphatic rings. The van der Waals surface area contributed by atoms with Crippen LogP contribution in [0.1, 0.15) is 6.92 Å². The number of hydrogen-bond acceptors (Lipinski definition) is 3. The van der Waals surface area contributed by atoms with E-state index in [1.807, 2.05) is 0 Å². The largest absolute Gasteiger partial charge is 0.493 e. The first-order valence-corrected chi connectivity index (χ1v) is 8.64. The van der Waals surface area contributed by atoms with Gasteiger partial charge in [-0.25, -0.2) is 8.78 Å². The van der Waals surface area contributed by atoms with Crippen molar-refractivity contribution < 1.29 is 18.3 Å². The van der Waals surface area contributed by atoms with E-state index in [4.69, 9.17) is 16.3 Å². The number of benzene rings is 2. The van der Waals surface area contributed by atoms with Crippen LogP contribution in [0.5, 0.6) is 5.75 Å². The molecule has 1 N–H and O–H groups in total. The third-order valence-electron chi connectivity index (χ3n) is 3.09. The second-order valence-electron chi connectivity index (χ2n) is 4.93. The molecule has 0 saturated heterocycles. The Kier molecular flexibility index (Phi) is 6.87. The molecule has 128 valence electrons. The standard InChI is InChI=1S/C17H16ClF2NO2S/c1-11(17(22)21-16-7-4-13(19)10-15(16)20)24-9-8-23-14-5-2-12(18)3-6-14/h2-7,10-11H,8-9H2,1H3,(H,21,22)/t11-/m1/s1. The summed E-state index contributed by atoms with van der Waals surface area (Å²) in [6, 6.07) is 10.0. The predicted molar refractivity (Wildman–Crippen MR) is 93.9 cm³/mol. The lowest BCUT2D eigenvalue weighted by Crippen LogP contribution is -2.24. The van der Waals surface area contributed by atoms with Crippen molar-refractivity contribution in [3.05, 3.63) is 59.1 Å². The fourth-order valence-electron chi connectivity index (χ4n) is 1.82. The van der Waals surface area contributed by atoms with Gasteiger partial charge in [0.15, 0.2) is 0 Å². The molecule has 2 rings (SSSR count). The summed E-state index contributed by atoms with van der Waals surface area (Å²) in [4.78, 5) is 12.0. The average Bonchev–Trinajstić information content (AvgIpc) is 2.55. The van der Waals surface area contributed by atoms with Gasteiger partial charge < -0.3 is 10.1 Å². The molecule has 1 amide bonds. The molecule has 1 atom stereocenters. The first kappa shape index (κ1) is 18.5. The minimum atomic E-state index is -0.799. The summed E-state index contributed by atoms with van der Waals surface area (Å²) in [6.45, 7) is 2.14. The molecule has 0 aliphatic heterocycles. The van der Waals surface area contributed by atoms with Gasteiger partial charge >= 0.3 is 0 Å². The summed E-state index contributed by atoms with van der Waals surface area (Å²) < 4.78 is 31.9. The monoisotopic (exact) mass is 371 g/mol. The van der Waals surface area contributed by atoms with Gasteiger partial charge in [-0.1, -0.05) is 11.6 Å². The van der Waals surface area contributed by atoms with E-state index in [9.17, 15) is 13.6 Å². The van der Waals surface area contributed by atoms with Gasteiger partial charge in [0.25, 0.3) is 0 Å². The van der Waals surface area contributed by atoms with E-state index in [1.165, 1.54) is 17.8 Å². The number of halogens is 3. The van der Waals surface area contributed by atoms with E-state index in [2.05, 4.69) is 5.32 Å². The molecule has 0 fully saturated rings. The van der Waals surface area contributed by atoms with Crippen molar-refractivity contribution in [1.29, 1.82) is 0 Å². The first-order chi connectivity index (χ1) is 11.5. The maximum Gasteiger partial charge on any atom is 0.237 e. The van der Waals surface area contributed by atoms with Crippen LogP contribution < -0.4 is 10.1 Å². The Morgan fingerprint density at radius 2 is 1.96 bits per heavy atom. The van der Waals surface area contributed by atoms with Crippen LogP contribution in [0, 0.1) is 11.6 Å². The van der Waals surface area contributed by atoms with Crippen LogP contribution in [0.3, 0.4) is 0 Å². The third kappa shape index (κ3) is 5.69. The molecule has 0 aliphatic carbocycles. The molecular formula is C17H16ClF2NO2S. The summed E-state index contributed by atoms with van der Waals surface area (Å²) in [5.41, 5.74) is -0.0359.